The van der Waals surface area contributed by atoms with E-state index in [-0.39, 0.29) is 6.61 Å². The maximum atomic E-state index is 13.2. The zero-order valence-corrected chi connectivity index (χ0v) is 15.8. The highest BCUT2D eigenvalue weighted by molar-refractivity contribution is 5.97. The van der Waals surface area contributed by atoms with Gasteiger partial charge in [-0.2, -0.15) is 0 Å². The number of benzene rings is 2. The van der Waals surface area contributed by atoms with Crippen LogP contribution < -0.4 is 9.47 Å². The third kappa shape index (κ3) is 3.94. The Labute approximate surface area is 163 Å². The van der Waals surface area contributed by atoms with Crippen LogP contribution in [0.5, 0.6) is 11.5 Å². The molecule has 0 spiro atoms. The van der Waals surface area contributed by atoms with Gasteiger partial charge in [0.15, 0.2) is 0 Å². The molecule has 28 heavy (non-hydrogen) atoms. The van der Waals surface area contributed by atoms with E-state index >= 15 is 0 Å². The molecule has 7 nitrogen and oxygen atoms in total. The van der Waals surface area contributed by atoms with Crippen molar-refractivity contribution < 1.29 is 28.9 Å². The lowest BCUT2D eigenvalue weighted by molar-refractivity contribution is -0.131. The smallest absolute Gasteiger partial charge is 0.417 e. The van der Waals surface area contributed by atoms with Crippen molar-refractivity contribution in [3.63, 3.8) is 0 Å². The number of rotatable bonds is 7. The molecule has 2 aromatic rings. The van der Waals surface area contributed by atoms with E-state index in [9.17, 15) is 14.7 Å². The van der Waals surface area contributed by atoms with Crippen LogP contribution in [0.3, 0.4) is 0 Å². The van der Waals surface area contributed by atoms with E-state index in [1.807, 2.05) is 30.3 Å². The van der Waals surface area contributed by atoms with E-state index in [1.54, 1.807) is 18.2 Å². The minimum atomic E-state index is -0.954. The average Bonchev–Trinajstić information content (AvgIpc) is 3.09. The molecular weight excluding hydrogens is 362 g/mol. The molecule has 1 aliphatic rings. The highest BCUT2D eigenvalue weighted by Gasteiger charge is 2.41. The van der Waals surface area contributed by atoms with E-state index in [2.05, 4.69) is 0 Å². The molecule has 0 aliphatic carbocycles. The summed E-state index contributed by atoms with van der Waals surface area (Å²) in [6.07, 6.45) is -0.215. The molecule has 1 N–H and O–H groups in total. The summed E-state index contributed by atoms with van der Waals surface area (Å²) >= 11 is 0. The molecule has 3 rings (SSSR count). The Kier molecular flexibility index (Phi) is 6.16. The molecule has 2 atom stereocenters. The van der Waals surface area contributed by atoms with E-state index < -0.39 is 30.6 Å². The van der Waals surface area contributed by atoms with Crippen LogP contribution >= 0.6 is 0 Å². The number of ether oxygens (including phenoxy) is 3. The maximum Gasteiger partial charge on any atom is 0.417 e. The second kappa shape index (κ2) is 8.75. The van der Waals surface area contributed by atoms with Gasteiger partial charge in [0, 0.05) is 11.6 Å². The van der Waals surface area contributed by atoms with Crippen molar-refractivity contribution in [1.82, 2.24) is 4.90 Å². The Morgan fingerprint density at radius 1 is 1.21 bits per heavy atom. The number of carbonyl (C=O) groups excluding carboxylic acids is 2. The van der Waals surface area contributed by atoms with Crippen molar-refractivity contribution in [1.29, 1.82) is 0 Å². The molecule has 1 fully saturated rings. The molecular formula is C21H23NO6. The molecule has 0 radical (unpaired) electrons. The number of methoxy groups -OCH3 is 2. The molecule has 0 unspecified atom stereocenters. The summed E-state index contributed by atoms with van der Waals surface area (Å²) in [6.45, 7) is -0.347. The summed E-state index contributed by atoms with van der Waals surface area (Å²) in [4.78, 5) is 26.6. The van der Waals surface area contributed by atoms with Gasteiger partial charge in [-0.25, -0.2) is 9.69 Å². The van der Waals surface area contributed by atoms with Gasteiger partial charge in [-0.1, -0.05) is 36.4 Å². The van der Waals surface area contributed by atoms with Gasteiger partial charge in [0.05, 0.1) is 32.8 Å². The van der Waals surface area contributed by atoms with Crippen molar-refractivity contribution >= 4 is 12.0 Å². The third-order valence-corrected chi connectivity index (χ3v) is 4.81. The lowest BCUT2D eigenvalue weighted by Crippen LogP contribution is -2.43. The number of aliphatic hydroxyl groups excluding tert-OH is 1. The second-order valence-corrected chi connectivity index (χ2v) is 6.47. The molecule has 7 heteroatoms. The van der Waals surface area contributed by atoms with Gasteiger partial charge in [-0.3, -0.25) is 4.79 Å². The van der Waals surface area contributed by atoms with E-state index in [0.29, 0.717) is 23.5 Å². The molecule has 1 aliphatic heterocycles. The minimum absolute atomic E-state index is 0.122. The number of cyclic esters (lactones) is 1. The van der Waals surface area contributed by atoms with Crippen LogP contribution in [-0.2, 0) is 16.0 Å². The Bertz CT molecular complexity index is 838. The van der Waals surface area contributed by atoms with Crippen molar-refractivity contribution in [3.05, 3.63) is 59.7 Å². The molecule has 0 saturated carbocycles. The number of hydrogen-bond acceptors (Lipinski definition) is 6. The number of carbonyl (C=O) groups is 2. The molecule has 1 heterocycles. The summed E-state index contributed by atoms with van der Waals surface area (Å²) in [5.41, 5.74) is 1.47. The maximum absolute atomic E-state index is 13.2. The summed E-state index contributed by atoms with van der Waals surface area (Å²) in [5.74, 6) is -0.509. The van der Waals surface area contributed by atoms with Crippen molar-refractivity contribution in [3.8, 4) is 11.5 Å². The number of imide groups is 1. The zero-order chi connectivity index (χ0) is 20.1. The summed E-state index contributed by atoms with van der Waals surface area (Å²) < 4.78 is 15.7. The predicted molar refractivity (Wildman–Crippen MR) is 102 cm³/mol. The molecule has 2 aromatic carbocycles. The van der Waals surface area contributed by atoms with Crippen molar-refractivity contribution in [2.45, 2.75) is 18.4 Å². The molecule has 0 bridgehead atoms. The average molecular weight is 385 g/mol. The molecule has 2 amide bonds. The van der Waals surface area contributed by atoms with Gasteiger partial charge >= 0.3 is 6.09 Å². The Morgan fingerprint density at radius 3 is 2.61 bits per heavy atom. The fraction of sp³-hybridized carbons (Fsp3) is 0.333. The Hall–Kier alpha value is -3.06. The van der Waals surface area contributed by atoms with E-state index in [1.165, 1.54) is 14.2 Å². The van der Waals surface area contributed by atoms with Gasteiger partial charge in [0.2, 0.25) is 5.91 Å². The van der Waals surface area contributed by atoms with E-state index in [0.717, 1.165) is 10.5 Å². The van der Waals surface area contributed by atoms with Gasteiger partial charge in [-0.15, -0.1) is 0 Å². The van der Waals surface area contributed by atoms with Crippen LogP contribution in [0.1, 0.15) is 17.0 Å². The first-order chi connectivity index (χ1) is 13.6. The number of nitrogens with zero attached hydrogens (tertiary/aromatic N) is 1. The lowest BCUT2D eigenvalue weighted by atomic mass is 9.96. The molecule has 148 valence electrons. The number of aliphatic hydroxyl groups is 1. The summed E-state index contributed by atoms with van der Waals surface area (Å²) in [5, 5.41) is 9.93. The van der Waals surface area contributed by atoms with Crippen LogP contribution in [0.2, 0.25) is 0 Å². The topological polar surface area (TPSA) is 85.3 Å². The van der Waals surface area contributed by atoms with Crippen LogP contribution in [0.25, 0.3) is 0 Å². The fourth-order valence-corrected chi connectivity index (χ4v) is 3.35. The lowest BCUT2D eigenvalue weighted by Gasteiger charge is -2.25. The largest absolute Gasteiger partial charge is 0.497 e. The van der Waals surface area contributed by atoms with E-state index in [4.69, 9.17) is 14.2 Å². The first kappa shape index (κ1) is 19.7. The molecule has 1 saturated heterocycles. The van der Waals surface area contributed by atoms with Crippen LogP contribution in [-0.4, -0.2) is 55.5 Å². The fourth-order valence-electron chi connectivity index (χ4n) is 3.35. The first-order valence-electron chi connectivity index (χ1n) is 8.95. The van der Waals surface area contributed by atoms with Gasteiger partial charge in [0.1, 0.15) is 18.1 Å². The predicted octanol–water partition coefficient (Wildman–Crippen LogP) is 2.37. The van der Waals surface area contributed by atoms with Gasteiger partial charge in [-0.05, 0) is 18.1 Å². The van der Waals surface area contributed by atoms with Crippen molar-refractivity contribution in [2.24, 2.45) is 0 Å². The standard InChI is InChI=1S/C21H23NO6/c1-26-16-8-9-17(19(11-16)27-2)18(12-23)20(24)22-15(13-28-21(22)25)10-14-6-4-3-5-7-14/h3-9,11,15,18,23H,10,12-13H2,1-2H3/t15-,18-/m0/s1. The summed E-state index contributed by atoms with van der Waals surface area (Å²) in [6, 6.07) is 14.1. The van der Waals surface area contributed by atoms with Crippen LogP contribution in [0, 0.1) is 0 Å². The highest BCUT2D eigenvalue weighted by atomic mass is 16.6. The van der Waals surface area contributed by atoms with Crippen molar-refractivity contribution in [2.75, 3.05) is 27.4 Å². The monoisotopic (exact) mass is 385 g/mol. The zero-order valence-electron chi connectivity index (χ0n) is 15.8. The van der Waals surface area contributed by atoms with Gasteiger partial charge in [0.25, 0.3) is 0 Å². The Balaban J connectivity index is 1.87. The summed E-state index contributed by atoms with van der Waals surface area (Å²) in [7, 11) is 3.00. The Morgan fingerprint density at radius 2 is 1.96 bits per heavy atom. The highest BCUT2D eigenvalue weighted by Crippen LogP contribution is 2.33. The normalized spacial score (nSPS) is 17.2. The molecule has 0 aromatic heterocycles. The van der Waals surface area contributed by atoms with Gasteiger partial charge < -0.3 is 19.3 Å². The second-order valence-electron chi connectivity index (χ2n) is 6.47. The quantitative estimate of drug-likeness (QED) is 0.788. The SMILES string of the molecule is COc1ccc([C@H](CO)C(=O)N2C(=O)OC[C@@H]2Cc2ccccc2)c(OC)c1. The third-order valence-electron chi connectivity index (χ3n) is 4.81. The first-order valence-corrected chi connectivity index (χ1v) is 8.95. The van der Waals surface area contributed by atoms with Crippen LogP contribution in [0.4, 0.5) is 4.79 Å². The number of hydrogen-bond donors (Lipinski definition) is 1. The number of amides is 2. The van der Waals surface area contributed by atoms with Crippen LogP contribution in [0.15, 0.2) is 48.5 Å². The minimum Gasteiger partial charge on any atom is -0.497 e.